The van der Waals surface area contributed by atoms with Gasteiger partial charge in [-0.2, -0.15) is 0 Å². The summed E-state index contributed by atoms with van der Waals surface area (Å²) in [6.45, 7) is -0.273. The summed E-state index contributed by atoms with van der Waals surface area (Å²) in [6.07, 6.45) is 2.82. The maximum Gasteiger partial charge on any atom is 0.253 e. The number of benzene rings is 2. The molecule has 12 heteroatoms. The number of amides is 1. The number of aryl methyl sites for hydroxylation is 1. The lowest BCUT2D eigenvalue weighted by Crippen LogP contribution is -2.29. The second kappa shape index (κ2) is 12.9. The maximum atomic E-state index is 13.5. The van der Waals surface area contributed by atoms with E-state index in [9.17, 15) is 9.59 Å². The minimum Gasteiger partial charge on any atom is -0.493 e. The molecule has 10 nitrogen and oxygen atoms in total. The van der Waals surface area contributed by atoms with Gasteiger partial charge >= 0.3 is 0 Å². The van der Waals surface area contributed by atoms with E-state index in [-0.39, 0.29) is 22.6 Å². The Morgan fingerprint density at radius 3 is 2.50 bits per heavy atom. The van der Waals surface area contributed by atoms with Crippen molar-refractivity contribution in [2.45, 2.75) is 30.4 Å². The first-order valence-electron chi connectivity index (χ1n) is 12.2. The number of methoxy groups -OCH3 is 3. The average Bonchev–Trinajstić information content (AvgIpc) is 3.19. The normalized spacial score (nSPS) is 14.2. The molecule has 0 spiro atoms. The van der Waals surface area contributed by atoms with Crippen LogP contribution in [0.2, 0.25) is 5.02 Å². The first-order valence-corrected chi connectivity index (χ1v) is 13.8. The largest absolute Gasteiger partial charge is 0.493 e. The fourth-order valence-electron chi connectivity index (χ4n) is 4.85. The Hall–Kier alpha value is -3.32. The molecule has 1 atom stereocenters. The van der Waals surface area contributed by atoms with Crippen molar-refractivity contribution in [3.8, 4) is 28.4 Å². The Kier molecular flexibility index (Phi) is 9.56. The number of nitrogens with one attached hydrogen (secondary N) is 1. The smallest absolute Gasteiger partial charge is 0.253 e. The standard InChI is InChI=1S/C28H29ClN2O8S/c1-36-22-12-15-8-10-20(30-28(33)18-7-5-6-16(25(18)29)14-39-31(34)35)19-13-21(32)23(40-4)11-9-17(19)24(15)27(38-3)26(22)37-2/h5-7,9,11-13,20,34-35H,8,10,14H2,1-4H3,(H,30,33)/t20-/m0/s1. The fraction of sp³-hybridized carbons (Fsp3) is 0.286. The van der Waals surface area contributed by atoms with Crippen LogP contribution >= 0.6 is 23.4 Å². The second-order valence-electron chi connectivity index (χ2n) is 8.83. The first-order chi connectivity index (χ1) is 19.2. The number of hydrogen-bond acceptors (Lipinski definition) is 10. The Morgan fingerprint density at radius 2 is 1.85 bits per heavy atom. The van der Waals surface area contributed by atoms with Gasteiger partial charge in [-0.25, -0.2) is 4.84 Å². The van der Waals surface area contributed by atoms with Crippen LogP contribution in [0.15, 0.2) is 52.2 Å². The summed E-state index contributed by atoms with van der Waals surface area (Å²) < 4.78 is 17.0. The highest BCUT2D eigenvalue weighted by Crippen LogP contribution is 2.50. The zero-order chi connectivity index (χ0) is 29.0. The lowest BCUT2D eigenvalue weighted by Gasteiger charge is -2.20. The molecule has 0 aliphatic heterocycles. The molecule has 0 radical (unpaired) electrons. The Morgan fingerprint density at radius 1 is 1.10 bits per heavy atom. The van der Waals surface area contributed by atoms with Gasteiger partial charge in [-0.15, -0.1) is 11.8 Å². The number of rotatable bonds is 9. The SMILES string of the molecule is COc1cc2c(c(OC)c1OC)-c1ccc(SC)c(=O)cc1[C@@H](NC(=O)c1cccc(CON(O)O)c1Cl)CC2. The Balaban J connectivity index is 1.85. The van der Waals surface area contributed by atoms with E-state index in [1.165, 1.54) is 18.9 Å². The van der Waals surface area contributed by atoms with Gasteiger partial charge in [-0.05, 0) is 65.6 Å². The van der Waals surface area contributed by atoms with E-state index in [4.69, 9.17) is 36.2 Å². The van der Waals surface area contributed by atoms with Crippen LogP contribution in [-0.2, 0) is 17.9 Å². The van der Waals surface area contributed by atoms with Gasteiger partial charge < -0.3 is 19.5 Å². The van der Waals surface area contributed by atoms with Crippen molar-refractivity contribution in [1.29, 1.82) is 0 Å². The molecule has 40 heavy (non-hydrogen) atoms. The highest BCUT2D eigenvalue weighted by molar-refractivity contribution is 7.98. The van der Waals surface area contributed by atoms with Crippen LogP contribution in [0.25, 0.3) is 11.1 Å². The summed E-state index contributed by atoms with van der Waals surface area (Å²) in [5.74, 6) is 0.926. The molecule has 3 N–H and O–H groups in total. The minimum atomic E-state index is -0.562. The van der Waals surface area contributed by atoms with Crippen molar-refractivity contribution < 1.29 is 34.3 Å². The van der Waals surface area contributed by atoms with E-state index >= 15 is 0 Å². The topological polar surface area (TPSA) is 127 Å². The molecule has 0 fully saturated rings. The monoisotopic (exact) mass is 588 g/mol. The lowest BCUT2D eigenvalue weighted by molar-refractivity contribution is -0.497. The van der Waals surface area contributed by atoms with Gasteiger partial charge in [0.15, 0.2) is 16.9 Å². The van der Waals surface area contributed by atoms with Crippen molar-refractivity contribution >= 4 is 29.3 Å². The van der Waals surface area contributed by atoms with E-state index in [1.54, 1.807) is 44.6 Å². The molecular formula is C28H29ClN2O8S. The van der Waals surface area contributed by atoms with Gasteiger partial charge in [0.2, 0.25) is 5.75 Å². The van der Waals surface area contributed by atoms with Crippen LogP contribution in [-0.4, -0.2) is 49.3 Å². The van der Waals surface area contributed by atoms with Crippen LogP contribution in [0.1, 0.15) is 39.5 Å². The van der Waals surface area contributed by atoms with E-state index in [0.717, 1.165) is 11.1 Å². The van der Waals surface area contributed by atoms with Crippen molar-refractivity contribution in [3.05, 3.63) is 80.0 Å². The van der Waals surface area contributed by atoms with E-state index in [0.29, 0.717) is 51.7 Å². The van der Waals surface area contributed by atoms with Gasteiger partial charge in [0.1, 0.15) is 6.61 Å². The summed E-state index contributed by atoms with van der Waals surface area (Å²) >= 11 is 7.82. The first kappa shape index (κ1) is 29.7. The van der Waals surface area contributed by atoms with Crippen molar-refractivity contribution in [2.75, 3.05) is 27.6 Å². The summed E-state index contributed by atoms with van der Waals surface area (Å²) in [5, 5.41) is 20.5. The molecule has 0 bridgehead atoms. The number of ether oxygens (including phenoxy) is 3. The molecule has 1 amide bonds. The number of nitrogens with zero attached hydrogens (tertiary/aromatic N) is 1. The summed E-state index contributed by atoms with van der Waals surface area (Å²) in [4.78, 5) is 31.9. The molecule has 212 valence electrons. The van der Waals surface area contributed by atoms with Gasteiger partial charge in [0.05, 0.1) is 48.2 Å². The average molecular weight is 589 g/mol. The molecule has 4 rings (SSSR count). The van der Waals surface area contributed by atoms with Gasteiger partial charge in [0.25, 0.3) is 5.91 Å². The van der Waals surface area contributed by atoms with Gasteiger partial charge in [0, 0.05) is 5.56 Å². The third-order valence-corrected chi connectivity index (χ3v) is 7.91. The number of carbonyl (C=O) groups is 1. The van der Waals surface area contributed by atoms with E-state index < -0.39 is 17.3 Å². The molecule has 0 saturated heterocycles. The number of thioether (sulfide) groups is 1. The predicted octanol–water partition coefficient (Wildman–Crippen LogP) is 5.04. The van der Waals surface area contributed by atoms with Crippen LogP contribution in [0.5, 0.6) is 17.2 Å². The minimum absolute atomic E-state index is 0.0999. The van der Waals surface area contributed by atoms with Crippen molar-refractivity contribution in [3.63, 3.8) is 0 Å². The zero-order valence-electron chi connectivity index (χ0n) is 22.3. The number of hydrogen-bond donors (Lipinski definition) is 3. The van der Waals surface area contributed by atoms with Crippen LogP contribution < -0.4 is 25.0 Å². The third kappa shape index (κ3) is 5.90. The van der Waals surface area contributed by atoms with Crippen LogP contribution in [0, 0.1) is 0 Å². The molecule has 1 aliphatic carbocycles. The zero-order valence-corrected chi connectivity index (χ0v) is 23.9. The van der Waals surface area contributed by atoms with Crippen LogP contribution in [0.4, 0.5) is 0 Å². The number of halogens is 1. The Bertz CT molecular complexity index is 1480. The molecule has 0 heterocycles. The molecule has 1 aliphatic rings. The maximum absolute atomic E-state index is 13.5. The Labute approximate surface area is 240 Å². The van der Waals surface area contributed by atoms with E-state index in [2.05, 4.69) is 10.2 Å². The number of fused-ring (bicyclic) bond motifs is 3. The van der Waals surface area contributed by atoms with Crippen LogP contribution in [0.3, 0.4) is 0 Å². The van der Waals surface area contributed by atoms with Crippen molar-refractivity contribution in [2.24, 2.45) is 0 Å². The summed E-state index contributed by atoms with van der Waals surface area (Å²) in [6, 6.07) is 11.3. The van der Waals surface area contributed by atoms with E-state index in [1.807, 2.05) is 18.4 Å². The fourth-order valence-corrected chi connectivity index (χ4v) is 5.58. The molecule has 0 aromatic heterocycles. The molecule has 0 saturated carbocycles. The number of carbonyl (C=O) groups excluding carboxylic acids is 1. The highest BCUT2D eigenvalue weighted by Gasteiger charge is 2.30. The summed E-state index contributed by atoms with van der Waals surface area (Å²) in [7, 11) is 4.62. The molecule has 3 aromatic rings. The lowest BCUT2D eigenvalue weighted by atomic mass is 9.95. The molecule has 3 aromatic carbocycles. The highest BCUT2D eigenvalue weighted by atomic mass is 35.5. The van der Waals surface area contributed by atoms with Gasteiger partial charge in [-0.1, -0.05) is 29.8 Å². The molecule has 0 unspecified atom stereocenters. The predicted molar refractivity (Wildman–Crippen MR) is 150 cm³/mol. The van der Waals surface area contributed by atoms with Gasteiger partial charge in [-0.3, -0.25) is 20.0 Å². The summed E-state index contributed by atoms with van der Waals surface area (Å²) in [5.41, 5.74) is 3.36. The third-order valence-electron chi connectivity index (χ3n) is 6.68. The second-order valence-corrected chi connectivity index (χ2v) is 10.1. The molecular weight excluding hydrogens is 560 g/mol. The van der Waals surface area contributed by atoms with Crippen molar-refractivity contribution in [1.82, 2.24) is 10.7 Å². The quantitative estimate of drug-likeness (QED) is 0.231.